The molecule has 0 aliphatic rings. The van der Waals surface area contributed by atoms with Crippen molar-refractivity contribution in [2.45, 2.75) is 6.54 Å². The number of benzene rings is 1. The standard InChI is InChI=1S/C13H13BrFNO2/c14-12-8-10(3-4-13(12)15)18-7-5-16-9-11-2-1-6-17-11/h1-4,6,8,16H,5,7,9H2. The van der Waals surface area contributed by atoms with Crippen LogP contribution in [0.15, 0.2) is 45.5 Å². The van der Waals surface area contributed by atoms with Gasteiger partial charge < -0.3 is 14.5 Å². The van der Waals surface area contributed by atoms with Gasteiger partial charge in [0.1, 0.15) is 23.9 Å². The Kier molecular flexibility index (Phi) is 4.78. The molecule has 1 heterocycles. The Morgan fingerprint density at radius 2 is 2.22 bits per heavy atom. The van der Waals surface area contributed by atoms with Crippen LogP contribution in [0.2, 0.25) is 0 Å². The third-order valence-electron chi connectivity index (χ3n) is 2.32. The van der Waals surface area contributed by atoms with E-state index in [4.69, 9.17) is 9.15 Å². The summed E-state index contributed by atoms with van der Waals surface area (Å²) in [5.74, 6) is 1.24. The van der Waals surface area contributed by atoms with Crippen LogP contribution < -0.4 is 10.1 Å². The molecule has 0 aliphatic heterocycles. The summed E-state index contributed by atoms with van der Waals surface area (Å²) in [6.07, 6.45) is 1.64. The van der Waals surface area contributed by atoms with Crippen molar-refractivity contribution in [3.8, 4) is 5.75 Å². The SMILES string of the molecule is Fc1ccc(OCCNCc2ccco2)cc1Br. The van der Waals surface area contributed by atoms with Crippen LogP contribution >= 0.6 is 15.9 Å². The zero-order chi connectivity index (χ0) is 12.8. The largest absolute Gasteiger partial charge is 0.492 e. The van der Waals surface area contributed by atoms with Gasteiger partial charge in [0.15, 0.2) is 0 Å². The van der Waals surface area contributed by atoms with Gasteiger partial charge in [-0.05, 0) is 46.3 Å². The molecular formula is C13H13BrFNO2. The molecule has 0 saturated carbocycles. The zero-order valence-electron chi connectivity index (χ0n) is 9.66. The summed E-state index contributed by atoms with van der Waals surface area (Å²) < 4.78 is 24.0. The first-order chi connectivity index (χ1) is 8.75. The Balaban J connectivity index is 1.67. The number of hydrogen-bond acceptors (Lipinski definition) is 3. The Hall–Kier alpha value is -1.33. The van der Waals surface area contributed by atoms with E-state index in [1.807, 2.05) is 12.1 Å². The van der Waals surface area contributed by atoms with Gasteiger partial charge in [-0.2, -0.15) is 0 Å². The van der Waals surface area contributed by atoms with Crippen molar-refractivity contribution >= 4 is 15.9 Å². The van der Waals surface area contributed by atoms with Crippen LogP contribution in [0.25, 0.3) is 0 Å². The van der Waals surface area contributed by atoms with Crippen LogP contribution in [0, 0.1) is 5.82 Å². The minimum Gasteiger partial charge on any atom is -0.492 e. The number of rotatable bonds is 6. The fourth-order valence-corrected chi connectivity index (χ4v) is 1.79. The Bertz CT molecular complexity index is 488. The predicted octanol–water partition coefficient (Wildman–Crippen LogP) is 3.35. The van der Waals surface area contributed by atoms with Crippen LogP contribution in [0.4, 0.5) is 4.39 Å². The van der Waals surface area contributed by atoms with Crippen LogP contribution in [0.1, 0.15) is 5.76 Å². The summed E-state index contributed by atoms with van der Waals surface area (Å²) >= 11 is 3.11. The van der Waals surface area contributed by atoms with E-state index in [-0.39, 0.29) is 5.82 Å². The second-order valence-electron chi connectivity index (χ2n) is 3.68. The van der Waals surface area contributed by atoms with Gasteiger partial charge in [-0.3, -0.25) is 0 Å². The monoisotopic (exact) mass is 313 g/mol. The number of furan rings is 1. The average molecular weight is 314 g/mol. The zero-order valence-corrected chi connectivity index (χ0v) is 11.2. The Morgan fingerprint density at radius 1 is 1.33 bits per heavy atom. The van der Waals surface area contributed by atoms with Gasteiger partial charge in [0.2, 0.25) is 0 Å². The molecule has 5 heteroatoms. The van der Waals surface area contributed by atoms with E-state index in [1.54, 1.807) is 18.4 Å². The second kappa shape index (κ2) is 6.56. The van der Waals surface area contributed by atoms with Crippen LogP contribution in [-0.4, -0.2) is 13.2 Å². The molecule has 0 atom stereocenters. The van der Waals surface area contributed by atoms with Crippen LogP contribution in [0.5, 0.6) is 5.75 Å². The normalized spacial score (nSPS) is 10.6. The summed E-state index contributed by atoms with van der Waals surface area (Å²) in [6, 6.07) is 8.35. The smallest absolute Gasteiger partial charge is 0.137 e. The van der Waals surface area contributed by atoms with Gasteiger partial charge in [-0.1, -0.05) is 0 Å². The minimum atomic E-state index is -0.293. The minimum absolute atomic E-state index is 0.293. The molecule has 1 aromatic heterocycles. The highest BCUT2D eigenvalue weighted by Gasteiger charge is 2.01. The van der Waals surface area contributed by atoms with Crippen LogP contribution in [0.3, 0.4) is 0 Å². The summed E-state index contributed by atoms with van der Waals surface area (Å²) in [5, 5.41) is 3.18. The molecule has 2 rings (SSSR count). The van der Waals surface area contributed by atoms with Crippen molar-refractivity contribution in [1.29, 1.82) is 0 Å². The molecular weight excluding hydrogens is 301 g/mol. The molecule has 0 amide bonds. The highest BCUT2D eigenvalue weighted by Crippen LogP contribution is 2.21. The summed E-state index contributed by atoms with van der Waals surface area (Å²) in [4.78, 5) is 0. The summed E-state index contributed by atoms with van der Waals surface area (Å²) in [7, 11) is 0. The van der Waals surface area contributed by atoms with E-state index in [0.29, 0.717) is 29.9 Å². The highest BCUT2D eigenvalue weighted by molar-refractivity contribution is 9.10. The Morgan fingerprint density at radius 3 is 2.94 bits per heavy atom. The molecule has 18 heavy (non-hydrogen) atoms. The molecule has 0 saturated heterocycles. The van der Waals surface area contributed by atoms with Gasteiger partial charge in [0, 0.05) is 6.54 Å². The quantitative estimate of drug-likeness (QED) is 0.830. The molecule has 0 bridgehead atoms. The fourth-order valence-electron chi connectivity index (χ4n) is 1.43. The van der Waals surface area contributed by atoms with Crippen molar-refractivity contribution in [3.63, 3.8) is 0 Å². The van der Waals surface area contributed by atoms with Crippen molar-refractivity contribution < 1.29 is 13.5 Å². The molecule has 3 nitrogen and oxygen atoms in total. The first kappa shape index (κ1) is 13.1. The maximum atomic E-state index is 13.0. The predicted molar refractivity (Wildman–Crippen MR) is 70.0 cm³/mol. The maximum absolute atomic E-state index is 13.0. The molecule has 1 N–H and O–H groups in total. The third kappa shape index (κ3) is 3.85. The van der Waals surface area contributed by atoms with Gasteiger partial charge in [0.25, 0.3) is 0 Å². The van der Waals surface area contributed by atoms with E-state index < -0.39 is 0 Å². The van der Waals surface area contributed by atoms with E-state index >= 15 is 0 Å². The number of halogens is 2. The van der Waals surface area contributed by atoms with Gasteiger partial charge in [-0.25, -0.2) is 4.39 Å². The fraction of sp³-hybridized carbons (Fsp3) is 0.231. The van der Waals surface area contributed by atoms with E-state index in [1.165, 1.54) is 6.07 Å². The van der Waals surface area contributed by atoms with Crippen molar-refractivity contribution in [2.75, 3.05) is 13.2 Å². The van der Waals surface area contributed by atoms with Crippen molar-refractivity contribution in [1.82, 2.24) is 5.32 Å². The Labute approximate surface area is 113 Å². The second-order valence-corrected chi connectivity index (χ2v) is 4.53. The molecule has 0 radical (unpaired) electrons. The lowest BCUT2D eigenvalue weighted by Gasteiger charge is -2.07. The van der Waals surface area contributed by atoms with Gasteiger partial charge >= 0.3 is 0 Å². The average Bonchev–Trinajstić information content (AvgIpc) is 2.86. The summed E-state index contributed by atoms with van der Waals surface area (Å²) in [5.41, 5.74) is 0. The molecule has 0 aliphatic carbocycles. The van der Waals surface area contributed by atoms with Gasteiger partial charge in [-0.15, -0.1) is 0 Å². The lowest BCUT2D eigenvalue weighted by molar-refractivity contribution is 0.310. The molecule has 0 spiro atoms. The maximum Gasteiger partial charge on any atom is 0.137 e. The number of nitrogens with one attached hydrogen (secondary N) is 1. The molecule has 1 aromatic carbocycles. The van der Waals surface area contributed by atoms with E-state index in [0.717, 1.165) is 5.76 Å². The highest BCUT2D eigenvalue weighted by atomic mass is 79.9. The van der Waals surface area contributed by atoms with E-state index in [9.17, 15) is 4.39 Å². The van der Waals surface area contributed by atoms with Crippen molar-refractivity contribution in [2.24, 2.45) is 0 Å². The van der Waals surface area contributed by atoms with Crippen molar-refractivity contribution in [3.05, 3.63) is 52.6 Å². The van der Waals surface area contributed by atoms with E-state index in [2.05, 4.69) is 21.2 Å². The lowest BCUT2D eigenvalue weighted by Crippen LogP contribution is -2.20. The first-order valence-corrected chi connectivity index (χ1v) is 6.36. The lowest BCUT2D eigenvalue weighted by atomic mass is 10.3. The van der Waals surface area contributed by atoms with Crippen LogP contribution in [-0.2, 0) is 6.54 Å². The molecule has 0 unspecified atom stereocenters. The molecule has 2 aromatic rings. The molecule has 96 valence electrons. The number of ether oxygens (including phenoxy) is 1. The molecule has 0 fully saturated rings. The summed E-state index contributed by atoms with van der Waals surface area (Å²) in [6.45, 7) is 1.87. The van der Waals surface area contributed by atoms with Gasteiger partial charge in [0.05, 0.1) is 17.3 Å². The third-order valence-corrected chi connectivity index (χ3v) is 2.93. The first-order valence-electron chi connectivity index (χ1n) is 5.56. The number of hydrogen-bond donors (Lipinski definition) is 1. The topological polar surface area (TPSA) is 34.4 Å².